The van der Waals surface area contributed by atoms with Gasteiger partial charge in [-0.25, -0.2) is 0 Å². The average Bonchev–Trinajstić information content (AvgIpc) is 3.23. The lowest BCUT2D eigenvalue weighted by Gasteiger charge is -2.20. The Bertz CT molecular complexity index is 1640. The molecule has 4 aromatic carbocycles. The van der Waals surface area contributed by atoms with Crippen molar-refractivity contribution < 1.29 is 45.8 Å². The van der Waals surface area contributed by atoms with Gasteiger partial charge in [-0.3, -0.25) is 0 Å². The minimum absolute atomic E-state index is 0.181. The second-order valence-corrected chi connectivity index (χ2v) is 7.96. The van der Waals surface area contributed by atoms with E-state index < -0.39 is 58.1 Å². The van der Waals surface area contributed by atoms with Crippen LogP contribution in [-0.2, 0) is 0 Å². The Morgan fingerprint density at radius 1 is 0.571 bits per heavy atom. The predicted octanol–water partition coefficient (Wildman–Crippen LogP) is 2.07. The van der Waals surface area contributed by atoms with Crippen LogP contribution in [0.1, 0.15) is 0 Å². The summed E-state index contributed by atoms with van der Waals surface area (Å²) in [5.41, 5.74) is 1.23. The molecule has 11 heteroatoms. The molecule has 1 aromatic heterocycles. The fourth-order valence-corrected chi connectivity index (χ4v) is 4.29. The molecule has 0 saturated heterocycles. The van der Waals surface area contributed by atoms with E-state index in [1.54, 1.807) is 36.4 Å². The van der Waals surface area contributed by atoms with E-state index in [4.69, 9.17) is 0 Å². The summed E-state index contributed by atoms with van der Waals surface area (Å²) in [5.74, 6) is -7.22. The summed E-state index contributed by atoms with van der Waals surface area (Å²) in [6.07, 6.45) is 0. The standard InChI is InChI=1S/C24H18BNO9/c27-18-15-16(20(29)24(33)23(18)32)19(28)22(31)21(30)17(15)26-13-7-6-12(25(34)35)8-11(13)9-14(26)10-4-2-1-3-5-10/h1-9,27-35H. The lowest BCUT2D eigenvalue weighted by atomic mass is 9.80. The number of phenols is 7. The highest BCUT2D eigenvalue weighted by Crippen LogP contribution is 2.58. The Kier molecular flexibility index (Phi) is 4.83. The molecule has 5 aromatic rings. The monoisotopic (exact) mass is 475 g/mol. The molecule has 0 aliphatic rings. The van der Waals surface area contributed by atoms with Crippen molar-refractivity contribution >= 4 is 34.3 Å². The van der Waals surface area contributed by atoms with Gasteiger partial charge in [-0.1, -0.05) is 42.5 Å². The summed E-state index contributed by atoms with van der Waals surface area (Å²) in [7, 11) is -1.75. The minimum Gasteiger partial charge on any atom is -0.504 e. The summed E-state index contributed by atoms with van der Waals surface area (Å²) < 4.78 is 1.39. The average molecular weight is 475 g/mol. The minimum atomic E-state index is -1.75. The Morgan fingerprint density at radius 2 is 1.14 bits per heavy atom. The van der Waals surface area contributed by atoms with Crippen molar-refractivity contribution in [3.8, 4) is 57.2 Å². The molecule has 0 bridgehead atoms. The normalized spacial score (nSPS) is 11.4. The van der Waals surface area contributed by atoms with Crippen molar-refractivity contribution in [3.05, 3.63) is 54.6 Å². The van der Waals surface area contributed by atoms with Crippen molar-refractivity contribution in [2.75, 3.05) is 0 Å². The van der Waals surface area contributed by atoms with E-state index >= 15 is 0 Å². The molecule has 176 valence electrons. The summed E-state index contributed by atoms with van der Waals surface area (Å²) >= 11 is 0. The second-order valence-electron chi connectivity index (χ2n) is 7.96. The van der Waals surface area contributed by atoms with Crippen molar-refractivity contribution in [2.45, 2.75) is 0 Å². The van der Waals surface area contributed by atoms with E-state index in [-0.39, 0.29) is 11.2 Å². The van der Waals surface area contributed by atoms with Crippen LogP contribution in [0.2, 0.25) is 0 Å². The van der Waals surface area contributed by atoms with Crippen LogP contribution in [0.25, 0.3) is 38.6 Å². The maximum Gasteiger partial charge on any atom is 0.488 e. The Morgan fingerprint density at radius 3 is 1.74 bits per heavy atom. The molecule has 0 aliphatic heterocycles. The third-order valence-corrected chi connectivity index (χ3v) is 5.96. The van der Waals surface area contributed by atoms with Gasteiger partial charge in [0, 0.05) is 5.39 Å². The van der Waals surface area contributed by atoms with Crippen LogP contribution in [0.4, 0.5) is 0 Å². The van der Waals surface area contributed by atoms with Gasteiger partial charge < -0.3 is 50.4 Å². The molecule has 0 spiro atoms. The number of rotatable bonds is 3. The van der Waals surface area contributed by atoms with Gasteiger partial charge in [0.2, 0.25) is 17.2 Å². The molecule has 9 N–H and O–H groups in total. The van der Waals surface area contributed by atoms with Gasteiger partial charge in [0.1, 0.15) is 5.69 Å². The SMILES string of the molecule is OB(O)c1ccc2c(c1)cc(-c1ccccc1)n2-c1c(O)c(O)c(O)c2c(O)c(O)c(O)c(O)c12. The first kappa shape index (κ1) is 22.1. The van der Waals surface area contributed by atoms with Gasteiger partial charge in [-0.05, 0) is 23.2 Å². The molecular weight excluding hydrogens is 457 g/mol. The van der Waals surface area contributed by atoms with Crippen LogP contribution in [0.15, 0.2) is 54.6 Å². The zero-order valence-corrected chi connectivity index (χ0v) is 17.7. The highest BCUT2D eigenvalue weighted by molar-refractivity contribution is 6.58. The second kappa shape index (κ2) is 7.65. The van der Waals surface area contributed by atoms with Gasteiger partial charge in [0.25, 0.3) is 0 Å². The Labute approximate surface area is 196 Å². The van der Waals surface area contributed by atoms with Crippen molar-refractivity contribution in [1.29, 1.82) is 0 Å². The van der Waals surface area contributed by atoms with Crippen LogP contribution >= 0.6 is 0 Å². The number of fused-ring (bicyclic) bond motifs is 2. The molecule has 0 radical (unpaired) electrons. The number of aromatic nitrogens is 1. The van der Waals surface area contributed by atoms with Gasteiger partial charge in [0.05, 0.1) is 22.0 Å². The lowest BCUT2D eigenvalue weighted by Crippen LogP contribution is -2.29. The number of hydrogen-bond donors (Lipinski definition) is 9. The molecule has 0 aliphatic carbocycles. The molecule has 0 amide bonds. The Balaban J connectivity index is 2.04. The maximum absolute atomic E-state index is 10.9. The van der Waals surface area contributed by atoms with Crippen molar-refractivity contribution in [3.63, 3.8) is 0 Å². The van der Waals surface area contributed by atoms with Crippen LogP contribution in [0.5, 0.6) is 40.2 Å². The molecular formula is C24H18BNO9. The van der Waals surface area contributed by atoms with Gasteiger partial charge in [-0.15, -0.1) is 0 Å². The first-order chi connectivity index (χ1) is 16.6. The molecule has 10 nitrogen and oxygen atoms in total. The molecule has 5 rings (SSSR count). The molecule has 35 heavy (non-hydrogen) atoms. The van der Waals surface area contributed by atoms with E-state index in [1.807, 2.05) is 0 Å². The van der Waals surface area contributed by atoms with Crippen LogP contribution in [-0.4, -0.2) is 57.5 Å². The number of hydrogen-bond acceptors (Lipinski definition) is 9. The summed E-state index contributed by atoms with van der Waals surface area (Å²) in [6.45, 7) is 0. The van der Waals surface area contributed by atoms with E-state index in [9.17, 15) is 45.8 Å². The summed E-state index contributed by atoms with van der Waals surface area (Å²) in [4.78, 5) is 0. The first-order valence-electron chi connectivity index (χ1n) is 10.3. The van der Waals surface area contributed by atoms with Crippen LogP contribution in [0, 0.1) is 0 Å². The third kappa shape index (κ3) is 3.06. The molecule has 0 atom stereocenters. The molecule has 0 unspecified atom stereocenters. The number of phenolic OH excluding ortho intramolecular Hbond substituents is 7. The lowest BCUT2D eigenvalue weighted by molar-refractivity contribution is 0.346. The Hall–Kier alpha value is -4.74. The van der Waals surface area contributed by atoms with Crippen molar-refractivity contribution in [1.82, 2.24) is 4.57 Å². The molecule has 0 saturated carbocycles. The quantitative estimate of drug-likeness (QED) is 0.107. The topological polar surface area (TPSA) is 187 Å². The molecule has 0 fully saturated rings. The van der Waals surface area contributed by atoms with E-state index in [0.29, 0.717) is 22.2 Å². The zero-order chi connectivity index (χ0) is 25.2. The van der Waals surface area contributed by atoms with Gasteiger partial charge in [-0.2, -0.15) is 0 Å². The smallest absolute Gasteiger partial charge is 0.488 e. The maximum atomic E-state index is 10.9. The van der Waals surface area contributed by atoms with E-state index in [0.717, 1.165) is 0 Å². The van der Waals surface area contributed by atoms with Crippen molar-refractivity contribution in [2.24, 2.45) is 0 Å². The van der Waals surface area contributed by atoms with E-state index in [1.165, 1.54) is 22.8 Å². The first-order valence-corrected chi connectivity index (χ1v) is 10.3. The molecule has 1 heterocycles. The third-order valence-electron chi connectivity index (χ3n) is 5.96. The largest absolute Gasteiger partial charge is 0.504 e. The van der Waals surface area contributed by atoms with Crippen LogP contribution in [0.3, 0.4) is 0 Å². The highest BCUT2D eigenvalue weighted by Gasteiger charge is 2.31. The number of benzene rings is 4. The predicted molar refractivity (Wildman–Crippen MR) is 128 cm³/mol. The fourth-order valence-electron chi connectivity index (χ4n) is 4.29. The summed E-state index contributed by atoms with van der Waals surface area (Å²) in [5, 5.41) is 91.9. The summed E-state index contributed by atoms with van der Waals surface area (Å²) in [6, 6.07) is 14.8. The highest BCUT2D eigenvalue weighted by atomic mass is 16.4. The number of aromatic hydroxyl groups is 7. The fraction of sp³-hybridized carbons (Fsp3) is 0. The van der Waals surface area contributed by atoms with Gasteiger partial charge >= 0.3 is 7.12 Å². The van der Waals surface area contributed by atoms with E-state index in [2.05, 4.69) is 0 Å². The van der Waals surface area contributed by atoms with Crippen LogP contribution < -0.4 is 5.46 Å². The number of nitrogens with zero attached hydrogens (tertiary/aromatic N) is 1. The zero-order valence-electron chi connectivity index (χ0n) is 17.7. The van der Waals surface area contributed by atoms with Gasteiger partial charge in [0.15, 0.2) is 23.0 Å².